The molecule has 1 aliphatic rings. The van der Waals surface area contributed by atoms with E-state index < -0.39 is 0 Å². The summed E-state index contributed by atoms with van der Waals surface area (Å²) in [6.07, 6.45) is -0.655. The molecule has 0 spiro atoms. The van der Waals surface area contributed by atoms with Crippen molar-refractivity contribution in [2.75, 3.05) is 79.3 Å². The molecule has 0 amide bonds. The molecule has 0 radical (unpaired) electrons. The Bertz CT molecular complexity index is 695. The van der Waals surface area contributed by atoms with Crippen molar-refractivity contribution in [1.82, 2.24) is 0 Å². The van der Waals surface area contributed by atoms with Gasteiger partial charge in [-0.25, -0.2) is 0 Å². The van der Waals surface area contributed by atoms with Gasteiger partial charge in [-0.2, -0.15) is 0 Å². The van der Waals surface area contributed by atoms with Crippen LogP contribution in [0.4, 0.5) is 0 Å². The van der Waals surface area contributed by atoms with E-state index >= 15 is 0 Å². The van der Waals surface area contributed by atoms with Gasteiger partial charge in [-0.05, 0) is 11.1 Å². The predicted octanol–water partition coefficient (Wildman–Crippen LogP) is 3.27. The van der Waals surface area contributed by atoms with Gasteiger partial charge >= 0.3 is 0 Å². The first-order chi connectivity index (χ1) is 17.9. The largest absolute Gasteiger partial charge is 0.377 e. The van der Waals surface area contributed by atoms with Crippen molar-refractivity contribution in [2.24, 2.45) is 0 Å². The molecule has 200 valence electrons. The van der Waals surface area contributed by atoms with Crippen molar-refractivity contribution in [3.05, 3.63) is 71.8 Å². The highest BCUT2D eigenvalue weighted by Crippen LogP contribution is 2.11. The van der Waals surface area contributed by atoms with E-state index in [2.05, 4.69) is 0 Å². The van der Waals surface area contributed by atoms with Gasteiger partial charge in [0.2, 0.25) is 0 Å². The minimum Gasteiger partial charge on any atom is -0.377 e. The third-order valence-corrected chi connectivity index (χ3v) is 5.44. The fourth-order valence-corrected chi connectivity index (χ4v) is 3.54. The summed E-state index contributed by atoms with van der Waals surface area (Å²) in [7, 11) is 0. The van der Waals surface area contributed by atoms with Gasteiger partial charge in [0.15, 0.2) is 0 Å². The molecule has 8 heteroatoms. The van der Waals surface area contributed by atoms with Crippen LogP contribution in [0.2, 0.25) is 0 Å². The summed E-state index contributed by atoms with van der Waals surface area (Å²) in [4.78, 5) is 0. The molecule has 0 saturated carbocycles. The lowest BCUT2D eigenvalue weighted by molar-refractivity contribution is -0.143. The molecule has 0 unspecified atom stereocenters. The maximum atomic E-state index is 6.18. The molecule has 2 aromatic rings. The van der Waals surface area contributed by atoms with Crippen LogP contribution in [0.1, 0.15) is 11.1 Å². The van der Waals surface area contributed by atoms with E-state index in [4.69, 9.17) is 37.9 Å². The second-order valence-electron chi connectivity index (χ2n) is 8.27. The first-order valence-electron chi connectivity index (χ1n) is 12.7. The Labute approximate surface area is 214 Å². The minimum atomic E-state index is -0.327. The molecular formula is C28H40O8. The third-order valence-electron chi connectivity index (χ3n) is 5.44. The van der Waals surface area contributed by atoms with E-state index in [1.165, 1.54) is 0 Å². The second-order valence-corrected chi connectivity index (χ2v) is 8.27. The normalized spacial score (nSPS) is 21.9. The van der Waals surface area contributed by atoms with Crippen molar-refractivity contribution >= 4 is 0 Å². The quantitative estimate of drug-likeness (QED) is 0.543. The molecule has 1 heterocycles. The van der Waals surface area contributed by atoms with Crippen molar-refractivity contribution in [1.29, 1.82) is 0 Å². The molecule has 1 saturated heterocycles. The Morgan fingerprint density at radius 2 is 0.806 bits per heavy atom. The lowest BCUT2D eigenvalue weighted by atomic mass is 10.2. The van der Waals surface area contributed by atoms with Gasteiger partial charge in [0.1, 0.15) is 12.2 Å². The van der Waals surface area contributed by atoms with E-state index in [0.29, 0.717) is 92.5 Å². The van der Waals surface area contributed by atoms with Crippen LogP contribution in [0.25, 0.3) is 0 Å². The number of ether oxygens (including phenoxy) is 8. The highest BCUT2D eigenvalue weighted by Gasteiger charge is 2.24. The maximum Gasteiger partial charge on any atom is 0.109 e. The van der Waals surface area contributed by atoms with Gasteiger partial charge in [-0.1, -0.05) is 60.7 Å². The van der Waals surface area contributed by atoms with Crippen LogP contribution in [0.15, 0.2) is 60.7 Å². The Morgan fingerprint density at radius 3 is 1.17 bits per heavy atom. The molecule has 0 N–H and O–H groups in total. The smallest absolute Gasteiger partial charge is 0.109 e. The highest BCUT2D eigenvalue weighted by atomic mass is 16.6. The number of hydrogen-bond acceptors (Lipinski definition) is 8. The molecular weight excluding hydrogens is 464 g/mol. The average Bonchev–Trinajstić information content (AvgIpc) is 2.91. The standard InChI is InChI=1S/C28H40O8/c1-3-7-25(8-4-1)21-33-23-27-28(24-34-22-26-9-5-2-6-10-26)36-20-18-32-16-14-30-12-11-29-13-15-31-17-19-35-27/h1-10,27-28H,11-24H2/t27-,28-/m0/s1. The van der Waals surface area contributed by atoms with Crippen molar-refractivity contribution in [3.63, 3.8) is 0 Å². The molecule has 0 aliphatic carbocycles. The molecule has 1 aliphatic heterocycles. The molecule has 2 aromatic carbocycles. The zero-order valence-corrected chi connectivity index (χ0v) is 21.1. The maximum absolute atomic E-state index is 6.18. The van der Waals surface area contributed by atoms with Gasteiger partial charge in [-0.15, -0.1) is 0 Å². The van der Waals surface area contributed by atoms with Crippen LogP contribution in [0.5, 0.6) is 0 Å². The lowest BCUT2D eigenvalue weighted by Crippen LogP contribution is -2.40. The van der Waals surface area contributed by atoms with E-state index in [9.17, 15) is 0 Å². The topological polar surface area (TPSA) is 73.8 Å². The molecule has 0 aromatic heterocycles. The summed E-state index contributed by atoms with van der Waals surface area (Å²) in [5, 5.41) is 0. The van der Waals surface area contributed by atoms with E-state index in [-0.39, 0.29) is 12.2 Å². The van der Waals surface area contributed by atoms with Crippen LogP contribution in [-0.4, -0.2) is 91.5 Å². The molecule has 36 heavy (non-hydrogen) atoms. The van der Waals surface area contributed by atoms with Crippen LogP contribution in [0, 0.1) is 0 Å². The van der Waals surface area contributed by atoms with Crippen molar-refractivity contribution in [3.8, 4) is 0 Å². The second kappa shape index (κ2) is 19.3. The minimum absolute atomic E-state index is 0.327. The number of benzene rings is 2. The van der Waals surface area contributed by atoms with Gasteiger partial charge < -0.3 is 37.9 Å². The van der Waals surface area contributed by atoms with Crippen LogP contribution < -0.4 is 0 Å². The summed E-state index contributed by atoms with van der Waals surface area (Å²) in [6, 6.07) is 20.1. The molecule has 0 bridgehead atoms. The zero-order valence-electron chi connectivity index (χ0n) is 21.1. The summed E-state index contributed by atoms with van der Waals surface area (Å²) in [6.45, 7) is 6.57. The summed E-state index contributed by atoms with van der Waals surface area (Å²) in [5.74, 6) is 0. The average molecular weight is 505 g/mol. The van der Waals surface area contributed by atoms with Crippen LogP contribution in [0.3, 0.4) is 0 Å². The first-order valence-corrected chi connectivity index (χ1v) is 12.7. The zero-order chi connectivity index (χ0) is 24.9. The van der Waals surface area contributed by atoms with Crippen molar-refractivity contribution < 1.29 is 37.9 Å². The molecule has 1 fully saturated rings. The van der Waals surface area contributed by atoms with Gasteiger partial charge in [0, 0.05) is 0 Å². The van der Waals surface area contributed by atoms with Crippen LogP contribution in [-0.2, 0) is 51.1 Å². The van der Waals surface area contributed by atoms with Gasteiger partial charge in [-0.3, -0.25) is 0 Å². The van der Waals surface area contributed by atoms with Crippen molar-refractivity contribution in [2.45, 2.75) is 25.4 Å². The number of hydrogen-bond donors (Lipinski definition) is 0. The Balaban J connectivity index is 1.56. The Kier molecular flexibility index (Phi) is 15.3. The summed E-state index contributed by atoms with van der Waals surface area (Å²) >= 11 is 0. The molecule has 2 atom stereocenters. The van der Waals surface area contributed by atoms with Gasteiger partial charge in [0.25, 0.3) is 0 Å². The molecule has 8 nitrogen and oxygen atoms in total. The highest BCUT2D eigenvalue weighted by molar-refractivity contribution is 5.14. The SMILES string of the molecule is c1ccc(COC[C@@H]2OCCOCCOCCOCCOCCO[C@H]2COCc2ccccc2)cc1. The first kappa shape index (κ1) is 28.7. The predicted molar refractivity (Wildman–Crippen MR) is 135 cm³/mol. The fraction of sp³-hybridized carbons (Fsp3) is 0.571. The monoisotopic (exact) mass is 504 g/mol. The summed E-state index contributed by atoms with van der Waals surface area (Å²) in [5.41, 5.74) is 2.21. The third kappa shape index (κ3) is 12.9. The van der Waals surface area contributed by atoms with E-state index in [1.807, 2.05) is 60.7 Å². The fourth-order valence-electron chi connectivity index (χ4n) is 3.54. The van der Waals surface area contributed by atoms with E-state index in [0.717, 1.165) is 11.1 Å². The molecule has 3 rings (SSSR count). The summed E-state index contributed by atoms with van der Waals surface area (Å²) < 4.78 is 46.7. The number of rotatable bonds is 8. The van der Waals surface area contributed by atoms with E-state index in [1.54, 1.807) is 0 Å². The Hall–Kier alpha value is -1.88. The lowest BCUT2D eigenvalue weighted by Gasteiger charge is -2.28. The van der Waals surface area contributed by atoms with Gasteiger partial charge in [0.05, 0.1) is 92.5 Å². The van der Waals surface area contributed by atoms with Crippen LogP contribution >= 0.6 is 0 Å². The Morgan fingerprint density at radius 1 is 0.472 bits per heavy atom.